The van der Waals surface area contributed by atoms with E-state index in [4.69, 9.17) is 4.74 Å². The van der Waals surface area contributed by atoms with E-state index in [1.807, 2.05) is 54.6 Å². The third-order valence-electron chi connectivity index (χ3n) is 3.73. The molecular weight excluding hydrogens is 300 g/mol. The van der Waals surface area contributed by atoms with E-state index < -0.39 is 11.6 Å². The summed E-state index contributed by atoms with van der Waals surface area (Å²) in [6, 6.07) is 16.7. The molecule has 3 nitrogen and oxygen atoms in total. The molecule has 0 amide bonds. The molecule has 0 radical (unpaired) electrons. The summed E-state index contributed by atoms with van der Waals surface area (Å²) in [4.78, 5) is 11.6. The van der Waals surface area contributed by atoms with Gasteiger partial charge in [-0.15, -0.1) is 0 Å². The topological polar surface area (TPSA) is 46.5 Å². The number of carbonyl (C=O) groups excluding carboxylic acids is 1. The Morgan fingerprint density at radius 2 is 1.75 bits per heavy atom. The lowest BCUT2D eigenvalue weighted by Crippen LogP contribution is -2.06. The zero-order chi connectivity index (χ0) is 16.8. The lowest BCUT2D eigenvalue weighted by Gasteiger charge is -2.09. The number of hydrogen-bond donors (Lipinski definition) is 1. The third-order valence-corrected chi connectivity index (χ3v) is 3.73. The van der Waals surface area contributed by atoms with E-state index in [1.165, 1.54) is 0 Å². The molecular formula is C21H16O3. The Balaban J connectivity index is 1.58. The molecule has 1 saturated carbocycles. The molecule has 1 fully saturated rings. The van der Waals surface area contributed by atoms with Crippen LogP contribution in [-0.2, 0) is 15.1 Å². The van der Waals surface area contributed by atoms with Crippen LogP contribution in [0.2, 0.25) is 0 Å². The Kier molecular flexibility index (Phi) is 4.66. The summed E-state index contributed by atoms with van der Waals surface area (Å²) in [5, 5.41) is 10.2. The maximum atomic E-state index is 11.6. The van der Waals surface area contributed by atoms with E-state index in [-0.39, 0.29) is 6.61 Å². The van der Waals surface area contributed by atoms with Gasteiger partial charge >= 0.3 is 5.97 Å². The summed E-state index contributed by atoms with van der Waals surface area (Å²) in [6.07, 6.45) is 1.52. The van der Waals surface area contributed by atoms with Gasteiger partial charge in [0, 0.05) is 17.0 Å². The van der Waals surface area contributed by atoms with Crippen LogP contribution in [0.3, 0.4) is 0 Å². The zero-order valence-electron chi connectivity index (χ0n) is 13.1. The third kappa shape index (κ3) is 4.04. The first-order valence-electron chi connectivity index (χ1n) is 7.72. The van der Waals surface area contributed by atoms with Gasteiger partial charge in [0.25, 0.3) is 0 Å². The first-order chi connectivity index (χ1) is 11.7. The molecule has 1 aliphatic carbocycles. The van der Waals surface area contributed by atoms with Crippen LogP contribution in [0.5, 0.6) is 0 Å². The predicted octanol–water partition coefficient (Wildman–Crippen LogP) is 2.61. The average molecular weight is 316 g/mol. The minimum absolute atomic E-state index is 0.0327. The van der Waals surface area contributed by atoms with Crippen molar-refractivity contribution in [2.45, 2.75) is 18.4 Å². The molecule has 0 saturated heterocycles. The standard InChI is InChI=1S/C21H16O3/c22-20(13-12-17-7-2-1-3-8-17)24-16-6-10-18-9-4-5-11-19(18)21(23)14-15-21/h1-5,7-9,11,23H,14-16H2. The minimum atomic E-state index is -0.733. The van der Waals surface area contributed by atoms with Crippen molar-refractivity contribution >= 4 is 5.97 Å². The average Bonchev–Trinajstić information content (AvgIpc) is 3.37. The first kappa shape index (κ1) is 15.9. The highest BCUT2D eigenvalue weighted by molar-refractivity contribution is 5.89. The molecule has 0 aliphatic heterocycles. The van der Waals surface area contributed by atoms with Gasteiger partial charge in [-0.1, -0.05) is 54.2 Å². The highest BCUT2D eigenvalue weighted by atomic mass is 16.5. The van der Waals surface area contributed by atoms with Crippen molar-refractivity contribution in [3.63, 3.8) is 0 Å². The number of esters is 1. The number of ether oxygens (including phenoxy) is 1. The Bertz CT molecular complexity index is 856. The van der Waals surface area contributed by atoms with Crippen molar-refractivity contribution in [1.82, 2.24) is 0 Å². The van der Waals surface area contributed by atoms with Gasteiger partial charge in [-0.3, -0.25) is 0 Å². The number of aliphatic hydroxyl groups is 1. The second-order valence-electron chi connectivity index (χ2n) is 5.57. The van der Waals surface area contributed by atoms with Gasteiger partial charge in [0.05, 0.1) is 5.60 Å². The quantitative estimate of drug-likeness (QED) is 0.684. The molecule has 3 rings (SSSR count). The molecule has 0 unspecified atom stereocenters. The summed E-state index contributed by atoms with van der Waals surface area (Å²) in [5.41, 5.74) is 1.63. The largest absolute Gasteiger partial charge is 0.443 e. The summed E-state index contributed by atoms with van der Waals surface area (Å²) in [7, 11) is 0. The highest BCUT2D eigenvalue weighted by Gasteiger charge is 2.43. The molecule has 0 spiro atoms. The Morgan fingerprint density at radius 1 is 1.04 bits per heavy atom. The maximum Gasteiger partial charge on any atom is 0.385 e. The van der Waals surface area contributed by atoms with Crippen LogP contribution >= 0.6 is 0 Å². The fraction of sp³-hybridized carbons (Fsp3) is 0.190. The fourth-order valence-corrected chi connectivity index (χ4v) is 2.30. The molecule has 0 heterocycles. The van der Waals surface area contributed by atoms with E-state index in [0.717, 1.165) is 29.5 Å². The smallest absolute Gasteiger partial charge is 0.385 e. The minimum Gasteiger partial charge on any atom is -0.443 e. The van der Waals surface area contributed by atoms with Crippen LogP contribution in [0.25, 0.3) is 0 Å². The second kappa shape index (κ2) is 7.04. The van der Waals surface area contributed by atoms with Crippen LogP contribution in [0, 0.1) is 23.7 Å². The molecule has 2 aromatic carbocycles. The van der Waals surface area contributed by atoms with Crippen LogP contribution in [0.1, 0.15) is 29.5 Å². The normalized spacial score (nSPS) is 13.7. The monoisotopic (exact) mass is 316 g/mol. The summed E-state index contributed by atoms with van der Waals surface area (Å²) in [5.74, 6) is 10.3. The van der Waals surface area contributed by atoms with Crippen molar-refractivity contribution in [1.29, 1.82) is 0 Å². The van der Waals surface area contributed by atoms with Gasteiger partial charge in [-0.25, -0.2) is 4.79 Å². The number of rotatable bonds is 2. The van der Waals surface area contributed by atoms with E-state index in [0.29, 0.717) is 0 Å². The van der Waals surface area contributed by atoms with Crippen molar-refractivity contribution in [3.8, 4) is 23.7 Å². The van der Waals surface area contributed by atoms with E-state index in [2.05, 4.69) is 23.7 Å². The predicted molar refractivity (Wildman–Crippen MR) is 90.7 cm³/mol. The number of carbonyl (C=O) groups is 1. The molecule has 2 aromatic rings. The van der Waals surface area contributed by atoms with Crippen molar-refractivity contribution in [2.24, 2.45) is 0 Å². The number of benzene rings is 2. The summed E-state index contributed by atoms with van der Waals surface area (Å²) < 4.78 is 4.98. The lowest BCUT2D eigenvalue weighted by atomic mass is 10.0. The molecule has 118 valence electrons. The highest BCUT2D eigenvalue weighted by Crippen LogP contribution is 2.46. The fourth-order valence-electron chi connectivity index (χ4n) is 2.30. The van der Waals surface area contributed by atoms with Gasteiger partial charge in [-0.05, 0) is 36.6 Å². The second-order valence-corrected chi connectivity index (χ2v) is 5.57. The molecule has 1 aliphatic rings. The molecule has 24 heavy (non-hydrogen) atoms. The molecule has 0 bridgehead atoms. The molecule has 3 heteroatoms. The van der Waals surface area contributed by atoms with Crippen LogP contribution in [-0.4, -0.2) is 17.7 Å². The summed E-state index contributed by atoms with van der Waals surface area (Å²) in [6.45, 7) is -0.0327. The van der Waals surface area contributed by atoms with Gasteiger partial charge in [0.15, 0.2) is 6.61 Å². The van der Waals surface area contributed by atoms with Crippen LogP contribution in [0.15, 0.2) is 54.6 Å². The lowest BCUT2D eigenvalue weighted by molar-refractivity contribution is -0.135. The van der Waals surface area contributed by atoms with E-state index in [9.17, 15) is 9.90 Å². The van der Waals surface area contributed by atoms with Gasteiger partial charge in [0.2, 0.25) is 0 Å². The SMILES string of the molecule is O=C(C#Cc1ccccc1)OCC#Cc1ccccc1C1(O)CC1. The van der Waals surface area contributed by atoms with Crippen molar-refractivity contribution < 1.29 is 14.6 Å². The van der Waals surface area contributed by atoms with Gasteiger partial charge in [-0.2, -0.15) is 0 Å². The molecule has 0 aromatic heterocycles. The Labute approximate surface area is 141 Å². The first-order valence-corrected chi connectivity index (χ1v) is 7.72. The molecule has 0 atom stereocenters. The number of hydrogen-bond acceptors (Lipinski definition) is 3. The zero-order valence-corrected chi connectivity index (χ0v) is 13.1. The molecule has 1 N–H and O–H groups in total. The summed E-state index contributed by atoms with van der Waals surface area (Å²) >= 11 is 0. The van der Waals surface area contributed by atoms with Crippen molar-refractivity contribution in [2.75, 3.05) is 6.61 Å². The Hall–Kier alpha value is -3.01. The van der Waals surface area contributed by atoms with E-state index in [1.54, 1.807) is 0 Å². The van der Waals surface area contributed by atoms with Crippen LogP contribution < -0.4 is 0 Å². The van der Waals surface area contributed by atoms with Gasteiger partial charge < -0.3 is 9.84 Å². The van der Waals surface area contributed by atoms with Crippen LogP contribution in [0.4, 0.5) is 0 Å². The van der Waals surface area contributed by atoms with E-state index >= 15 is 0 Å². The van der Waals surface area contributed by atoms with Gasteiger partial charge in [0.1, 0.15) is 0 Å². The maximum absolute atomic E-state index is 11.6. The Morgan fingerprint density at radius 3 is 2.50 bits per heavy atom. The van der Waals surface area contributed by atoms with Crippen molar-refractivity contribution in [3.05, 3.63) is 71.3 Å².